The molecule has 1 saturated heterocycles. The molecule has 2 heterocycles. The van der Waals surface area contributed by atoms with Gasteiger partial charge in [-0.2, -0.15) is 0 Å². The molecule has 7 nitrogen and oxygen atoms in total. The van der Waals surface area contributed by atoms with E-state index in [-0.39, 0.29) is 17.0 Å². The van der Waals surface area contributed by atoms with Gasteiger partial charge in [-0.15, -0.1) is 0 Å². The Hall–Kier alpha value is -2.18. The molecule has 0 bridgehead atoms. The first-order valence-corrected chi connectivity index (χ1v) is 7.85. The van der Waals surface area contributed by atoms with Crippen molar-refractivity contribution >= 4 is 17.4 Å². The minimum atomic E-state index is -0.418. The van der Waals surface area contributed by atoms with Gasteiger partial charge in [0.2, 0.25) is 5.91 Å². The van der Waals surface area contributed by atoms with Crippen molar-refractivity contribution in [3.8, 4) is 0 Å². The second-order valence-corrected chi connectivity index (χ2v) is 6.97. The summed E-state index contributed by atoms with van der Waals surface area (Å²) in [6, 6.07) is 1.75. The Labute approximate surface area is 136 Å². The molecule has 0 radical (unpaired) electrons. The predicted octanol–water partition coefficient (Wildman–Crippen LogP) is 2.38. The molecule has 1 aromatic rings. The van der Waals surface area contributed by atoms with E-state index in [2.05, 4.69) is 9.88 Å². The first-order chi connectivity index (χ1) is 10.7. The van der Waals surface area contributed by atoms with Gasteiger partial charge in [0.25, 0.3) is 5.69 Å². The van der Waals surface area contributed by atoms with Crippen molar-refractivity contribution in [1.82, 2.24) is 9.88 Å². The number of rotatable bonds is 2. The molecule has 1 aliphatic rings. The summed E-state index contributed by atoms with van der Waals surface area (Å²) in [6.45, 7) is 10.4. The monoisotopic (exact) mass is 320 g/mol. The third-order valence-corrected chi connectivity index (χ3v) is 4.01. The number of carbonyl (C=O) groups is 1. The molecule has 0 spiro atoms. The maximum absolute atomic E-state index is 12.4. The lowest BCUT2D eigenvalue weighted by Crippen LogP contribution is -2.41. The summed E-state index contributed by atoms with van der Waals surface area (Å²) in [4.78, 5) is 31.1. The maximum Gasteiger partial charge on any atom is 0.290 e. The van der Waals surface area contributed by atoms with Crippen LogP contribution in [-0.4, -0.2) is 46.9 Å². The van der Waals surface area contributed by atoms with Crippen LogP contribution in [0.25, 0.3) is 0 Å². The molecule has 2 rings (SSSR count). The molecule has 126 valence electrons. The first kappa shape index (κ1) is 17.2. The van der Waals surface area contributed by atoms with Gasteiger partial charge in [-0.25, -0.2) is 4.98 Å². The molecule has 23 heavy (non-hydrogen) atoms. The van der Waals surface area contributed by atoms with Crippen molar-refractivity contribution in [2.45, 2.75) is 34.1 Å². The maximum atomic E-state index is 12.4. The number of hydrogen-bond donors (Lipinski definition) is 0. The summed E-state index contributed by atoms with van der Waals surface area (Å²) < 4.78 is 0. The Morgan fingerprint density at radius 2 is 1.96 bits per heavy atom. The number of nitro groups is 1. The molecule has 0 N–H and O–H groups in total. The minimum Gasteiger partial charge on any atom is -0.355 e. The molecular formula is C16H24N4O3. The summed E-state index contributed by atoms with van der Waals surface area (Å²) in [6.07, 6.45) is 2.17. The van der Waals surface area contributed by atoms with Gasteiger partial charge in [0.1, 0.15) is 12.0 Å². The molecular weight excluding hydrogens is 296 g/mol. The summed E-state index contributed by atoms with van der Waals surface area (Å²) >= 11 is 0. The van der Waals surface area contributed by atoms with Crippen molar-refractivity contribution in [1.29, 1.82) is 0 Å². The van der Waals surface area contributed by atoms with Crippen LogP contribution in [0.3, 0.4) is 0 Å². The van der Waals surface area contributed by atoms with E-state index in [1.54, 1.807) is 13.0 Å². The lowest BCUT2D eigenvalue weighted by Gasteiger charge is -2.28. The van der Waals surface area contributed by atoms with Crippen LogP contribution in [0.5, 0.6) is 0 Å². The molecule has 0 unspecified atom stereocenters. The second-order valence-electron chi connectivity index (χ2n) is 6.97. The van der Waals surface area contributed by atoms with Crippen LogP contribution < -0.4 is 4.90 Å². The summed E-state index contributed by atoms with van der Waals surface area (Å²) in [5.74, 6) is 0.894. The van der Waals surface area contributed by atoms with Crippen LogP contribution in [0.2, 0.25) is 0 Å². The zero-order valence-corrected chi connectivity index (χ0v) is 14.2. The van der Waals surface area contributed by atoms with Gasteiger partial charge in [-0.1, -0.05) is 20.8 Å². The van der Waals surface area contributed by atoms with Gasteiger partial charge < -0.3 is 9.80 Å². The average molecular weight is 320 g/mol. The fourth-order valence-corrected chi connectivity index (χ4v) is 2.72. The molecule has 7 heteroatoms. The topological polar surface area (TPSA) is 79.6 Å². The standard InChI is InChI=1S/C16H24N4O3/c1-12-10-14(17-11-13(12)20(22)23)18-6-5-7-19(9-8-18)15(21)16(2,3)4/h10-11H,5-9H2,1-4H3. The van der Waals surface area contributed by atoms with E-state index < -0.39 is 4.92 Å². The fourth-order valence-electron chi connectivity index (χ4n) is 2.72. The Morgan fingerprint density at radius 3 is 2.52 bits per heavy atom. The number of nitrogens with zero attached hydrogens (tertiary/aromatic N) is 4. The molecule has 0 saturated carbocycles. The highest BCUT2D eigenvalue weighted by atomic mass is 16.6. The van der Waals surface area contributed by atoms with Gasteiger partial charge in [-0.3, -0.25) is 14.9 Å². The molecule has 1 fully saturated rings. The smallest absolute Gasteiger partial charge is 0.290 e. The van der Waals surface area contributed by atoms with Gasteiger partial charge >= 0.3 is 0 Å². The van der Waals surface area contributed by atoms with Crippen molar-refractivity contribution < 1.29 is 9.72 Å². The number of aromatic nitrogens is 1. The number of hydrogen-bond acceptors (Lipinski definition) is 5. The van der Waals surface area contributed by atoms with Crippen molar-refractivity contribution in [2.75, 3.05) is 31.1 Å². The van der Waals surface area contributed by atoms with Crippen molar-refractivity contribution in [2.24, 2.45) is 5.41 Å². The van der Waals surface area contributed by atoms with E-state index >= 15 is 0 Å². The first-order valence-electron chi connectivity index (χ1n) is 7.85. The fraction of sp³-hybridized carbons (Fsp3) is 0.625. The predicted molar refractivity (Wildman–Crippen MR) is 88.5 cm³/mol. The molecule has 0 aliphatic carbocycles. The van der Waals surface area contributed by atoms with Crippen molar-refractivity contribution in [3.05, 3.63) is 27.9 Å². The lowest BCUT2D eigenvalue weighted by molar-refractivity contribution is -0.385. The lowest BCUT2D eigenvalue weighted by atomic mass is 9.94. The van der Waals surface area contributed by atoms with Crippen LogP contribution >= 0.6 is 0 Å². The molecule has 0 atom stereocenters. The van der Waals surface area contributed by atoms with Crippen LogP contribution in [0.1, 0.15) is 32.8 Å². The van der Waals surface area contributed by atoms with Gasteiger partial charge in [-0.05, 0) is 19.4 Å². The summed E-state index contributed by atoms with van der Waals surface area (Å²) in [5, 5.41) is 10.9. The van der Waals surface area contributed by atoms with Crippen LogP contribution in [0.15, 0.2) is 12.3 Å². The minimum absolute atomic E-state index is 0.0353. The Bertz CT molecular complexity index is 610. The molecule has 0 aromatic carbocycles. The van der Waals surface area contributed by atoms with E-state index in [4.69, 9.17) is 0 Å². The average Bonchev–Trinajstić information content (AvgIpc) is 2.70. The van der Waals surface area contributed by atoms with Crippen molar-refractivity contribution in [3.63, 3.8) is 0 Å². The van der Waals surface area contributed by atoms with Crippen LogP contribution in [0, 0.1) is 22.5 Å². The highest BCUT2D eigenvalue weighted by molar-refractivity contribution is 5.81. The Balaban J connectivity index is 2.10. The van der Waals surface area contributed by atoms with E-state index in [9.17, 15) is 14.9 Å². The Morgan fingerprint density at radius 1 is 1.26 bits per heavy atom. The third kappa shape index (κ3) is 3.97. The van der Waals surface area contributed by atoms with Gasteiger partial charge in [0.15, 0.2) is 0 Å². The zero-order chi connectivity index (χ0) is 17.2. The Kier molecular flexibility index (Phi) is 4.87. The summed E-state index contributed by atoms with van der Waals surface area (Å²) in [5.41, 5.74) is 0.261. The zero-order valence-electron chi connectivity index (χ0n) is 14.2. The van der Waals surface area contributed by atoms with Crippen LogP contribution in [-0.2, 0) is 4.79 Å². The van der Waals surface area contributed by atoms with E-state index in [0.29, 0.717) is 18.7 Å². The van der Waals surface area contributed by atoms with Gasteiger partial charge in [0, 0.05) is 37.2 Å². The number of carbonyl (C=O) groups excluding carboxylic acids is 1. The second kappa shape index (κ2) is 6.52. The highest BCUT2D eigenvalue weighted by Gasteiger charge is 2.29. The third-order valence-electron chi connectivity index (χ3n) is 4.01. The molecule has 1 amide bonds. The molecule has 1 aliphatic heterocycles. The number of pyridine rings is 1. The van der Waals surface area contributed by atoms with E-state index in [1.807, 2.05) is 25.7 Å². The largest absolute Gasteiger partial charge is 0.355 e. The van der Waals surface area contributed by atoms with Gasteiger partial charge in [0.05, 0.1) is 4.92 Å². The quantitative estimate of drug-likeness (QED) is 0.617. The van der Waals surface area contributed by atoms with E-state index in [0.717, 1.165) is 25.3 Å². The van der Waals surface area contributed by atoms with Crippen LogP contribution in [0.4, 0.5) is 11.5 Å². The highest BCUT2D eigenvalue weighted by Crippen LogP contribution is 2.23. The summed E-state index contributed by atoms with van der Waals surface area (Å²) in [7, 11) is 0. The number of anilines is 1. The SMILES string of the molecule is Cc1cc(N2CCCN(C(=O)C(C)(C)C)CC2)ncc1[N+](=O)[O-]. The number of amides is 1. The number of aryl methyl sites for hydroxylation is 1. The van der Waals surface area contributed by atoms with E-state index in [1.165, 1.54) is 6.20 Å². The normalized spacial score (nSPS) is 16.2. The molecule has 1 aromatic heterocycles.